The van der Waals surface area contributed by atoms with Crippen LogP contribution in [-0.4, -0.2) is 28.6 Å². The highest BCUT2D eigenvalue weighted by molar-refractivity contribution is 5.71. The van der Waals surface area contributed by atoms with Crippen LogP contribution in [0.5, 0.6) is 0 Å². The van der Waals surface area contributed by atoms with Crippen molar-refractivity contribution in [3.63, 3.8) is 0 Å². The molecule has 0 saturated carbocycles. The van der Waals surface area contributed by atoms with Gasteiger partial charge in [-0.15, -0.1) is 0 Å². The van der Waals surface area contributed by atoms with E-state index in [0.717, 1.165) is 30.5 Å². The van der Waals surface area contributed by atoms with E-state index in [-0.39, 0.29) is 23.8 Å². The summed E-state index contributed by atoms with van der Waals surface area (Å²) in [7, 11) is 0. The highest BCUT2D eigenvalue weighted by Gasteiger charge is 2.41. The molecule has 0 aromatic heterocycles. The second-order valence-electron chi connectivity index (χ2n) is 5.57. The summed E-state index contributed by atoms with van der Waals surface area (Å²) in [4.78, 5) is 13.4. The lowest BCUT2D eigenvalue weighted by molar-refractivity contribution is -0.142. The summed E-state index contributed by atoms with van der Waals surface area (Å²) in [6.07, 6.45) is 2.35. The van der Waals surface area contributed by atoms with Crippen molar-refractivity contribution in [3.05, 3.63) is 35.1 Å². The van der Waals surface area contributed by atoms with E-state index in [0.29, 0.717) is 6.42 Å². The number of nitrogens with zero attached hydrogens (tertiary/aromatic N) is 1. The van der Waals surface area contributed by atoms with Gasteiger partial charge in [-0.05, 0) is 49.9 Å². The highest BCUT2D eigenvalue weighted by atomic mass is 19.1. The number of carbonyl (C=O) groups is 1. The van der Waals surface area contributed by atoms with Crippen LogP contribution < -0.4 is 0 Å². The molecular formula is C15H18FNO2. The van der Waals surface area contributed by atoms with Gasteiger partial charge in [0.25, 0.3) is 0 Å². The topological polar surface area (TPSA) is 40.5 Å². The Morgan fingerprint density at radius 1 is 1.42 bits per heavy atom. The first-order chi connectivity index (χ1) is 9.09. The van der Waals surface area contributed by atoms with Crippen LogP contribution in [0.25, 0.3) is 0 Å². The van der Waals surface area contributed by atoms with E-state index in [1.54, 1.807) is 6.07 Å². The molecule has 2 aliphatic rings. The van der Waals surface area contributed by atoms with Gasteiger partial charge in [0.1, 0.15) is 5.82 Å². The van der Waals surface area contributed by atoms with Gasteiger partial charge in [-0.2, -0.15) is 0 Å². The Kier molecular flexibility index (Phi) is 3.05. The SMILES string of the molecule is CC1C(C(=O)O)CCN1C1CCc2c(F)cccc21. The third-order valence-corrected chi connectivity index (χ3v) is 4.70. The van der Waals surface area contributed by atoms with Gasteiger partial charge in [0, 0.05) is 12.1 Å². The minimum Gasteiger partial charge on any atom is -0.481 e. The fourth-order valence-corrected chi connectivity index (χ4v) is 3.67. The maximum atomic E-state index is 13.7. The van der Waals surface area contributed by atoms with E-state index in [2.05, 4.69) is 4.90 Å². The first kappa shape index (κ1) is 12.6. The van der Waals surface area contributed by atoms with Crippen molar-refractivity contribution in [2.24, 2.45) is 5.92 Å². The molecule has 0 radical (unpaired) electrons. The maximum Gasteiger partial charge on any atom is 0.308 e. The Hall–Kier alpha value is -1.42. The second kappa shape index (κ2) is 4.60. The number of rotatable bonds is 2. The van der Waals surface area contributed by atoms with Crippen molar-refractivity contribution < 1.29 is 14.3 Å². The number of hydrogen-bond acceptors (Lipinski definition) is 2. The molecule has 19 heavy (non-hydrogen) atoms. The Morgan fingerprint density at radius 3 is 2.89 bits per heavy atom. The molecule has 0 bridgehead atoms. The fraction of sp³-hybridized carbons (Fsp3) is 0.533. The summed E-state index contributed by atoms with van der Waals surface area (Å²) in [5.74, 6) is -1.13. The van der Waals surface area contributed by atoms with Crippen molar-refractivity contribution in [2.45, 2.75) is 38.3 Å². The van der Waals surface area contributed by atoms with Crippen LogP contribution in [0.2, 0.25) is 0 Å². The number of halogens is 1. The molecule has 1 fully saturated rings. The summed E-state index contributed by atoms with van der Waals surface area (Å²) in [5.41, 5.74) is 1.87. The van der Waals surface area contributed by atoms with E-state index in [1.807, 2.05) is 13.0 Å². The summed E-state index contributed by atoms with van der Waals surface area (Å²) in [6.45, 7) is 2.77. The molecule has 1 saturated heterocycles. The predicted molar refractivity (Wildman–Crippen MR) is 69.4 cm³/mol. The monoisotopic (exact) mass is 263 g/mol. The lowest BCUT2D eigenvalue weighted by atomic mass is 10.0. The van der Waals surface area contributed by atoms with E-state index in [9.17, 15) is 14.3 Å². The smallest absolute Gasteiger partial charge is 0.308 e. The molecule has 3 rings (SSSR count). The number of aliphatic carboxylic acids is 1. The number of benzene rings is 1. The molecule has 0 spiro atoms. The zero-order chi connectivity index (χ0) is 13.6. The van der Waals surface area contributed by atoms with Gasteiger partial charge in [-0.3, -0.25) is 9.69 Å². The first-order valence-corrected chi connectivity index (χ1v) is 6.85. The standard InChI is InChI=1S/C15H18FNO2/c1-9-10(15(18)19)7-8-17(9)14-6-5-11-12(14)3-2-4-13(11)16/h2-4,9-10,14H,5-8H2,1H3,(H,18,19). The maximum absolute atomic E-state index is 13.7. The van der Waals surface area contributed by atoms with Crippen molar-refractivity contribution in [3.8, 4) is 0 Å². The van der Waals surface area contributed by atoms with Crippen LogP contribution in [0.15, 0.2) is 18.2 Å². The molecule has 1 heterocycles. The summed E-state index contributed by atoms with van der Waals surface area (Å²) < 4.78 is 13.7. The largest absolute Gasteiger partial charge is 0.481 e. The van der Waals surface area contributed by atoms with Crippen molar-refractivity contribution >= 4 is 5.97 Å². The number of fused-ring (bicyclic) bond motifs is 1. The van der Waals surface area contributed by atoms with Crippen molar-refractivity contribution in [1.29, 1.82) is 0 Å². The van der Waals surface area contributed by atoms with Gasteiger partial charge in [-0.25, -0.2) is 4.39 Å². The average Bonchev–Trinajstić information content (AvgIpc) is 2.93. The van der Waals surface area contributed by atoms with Crippen LogP contribution in [0, 0.1) is 11.7 Å². The summed E-state index contributed by atoms with van der Waals surface area (Å²) in [5, 5.41) is 9.20. The van der Waals surface area contributed by atoms with Gasteiger partial charge in [-0.1, -0.05) is 12.1 Å². The van der Waals surface area contributed by atoms with Crippen LogP contribution >= 0.6 is 0 Å². The molecule has 3 unspecified atom stereocenters. The second-order valence-corrected chi connectivity index (χ2v) is 5.57. The summed E-state index contributed by atoms with van der Waals surface area (Å²) in [6, 6.07) is 5.45. The Bertz CT molecular complexity index is 517. The van der Waals surface area contributed by atoms with Crippen molar-refractivity contribution in [2.75, 3.05) is 6.54 Å². The van der Waals surface area contributed by atoms with Crippen LogP contribution in [0.1, 0.15) is 36.9 Å². The fourth-order valence-electron chi connectivity index (χ4n) is 3.67. The van der Waals surface area contributed by atoms with Gasteiger partial charge >= 0.3 is 5.97 Å². The quantitative estimate of drug-likeness (QED) is 0.891. The number of likely N-dealkylation sites (tertiary alicyclic amines) is 1. The van der Waals surface area contributed by atoms with Crippen LogP contribution in [0.4, 0.5) is 4.39 Å². The van der Waals surface area contributed by atoms with Gasteiger partial charge in [0.05, 0.1) is 5.92 Å². The van der Waals surface area contributed by atoms with Gasteiger partial charge in [0.15, 0.2) is 0 Å². The number of carboxylic acid groups (broad SMARTS) is 1. The van der Waals surface area contributed by atoms with E-state index >= 15 is 0 Å². The van der Waals surface area contributed by atoms with Crippen LogP contribution in [0.3, 0.4) is 0 Å². The third kappa shape index (κ3) is 1.94. The normalized spacial score (nSPS) is 30.5. The molecule has 3 atom stereocenters. The molecule has 1 aromatic carbocycles. The predicted octanol–water partition coefficient (Wildman–Crippen LogP) is 2.61. The number of carboxylic acids is 1. The molecule has 1 aliphatic heterocycles. The Labute approximate surface area is 112 Å². The molecule has 1 aromatic rings. The average molecular weight is 263 g/mol. The van der Waals surface area contributed by atoms with Crippen LogP contribution in [-0.2, 0) is 11.2 Å². The molecule has 4 heteroatoms. The Balaban J connectivity index is 1.87. The molecule has 3 nitrogen and oxygen atoms in total. The number of hydrogen-bond donors (Lipinski definition) is 1. The molecule has 102 valence electrons. The van der Waals surface area contributed by atoms with E-state index in [1.165, 1.54) is 6.07 Å². The minimum atomic E-state index is -0.715. The van der Waals surface area contributed by atoms with Crippen molar-refractivity contribution in [1.82, 2.24) is 4.90 Å². The lowest BCUT2D eigenvalue weighted by Crippen LogP contribution is -2.35. The lowest BCUT2D eigenvalue weighted by Gasteiger charge is -2.30. The highest BCUT2D eigenvalue weighted by Crippen LogP contribution is 2.41. The molecular weight excluding hydrogens is 245 g/mol. The first-order valence-electron chi connectivity index (χ1n) is 6.85. The van der Waals surface area contributed by atoms with E-state index in [4.69, 9.17) is 0 Å². The zero-order valence-electron chi connectivity index (χ0n) is 11.0. The van der Waals surface area contributed by atoms with Gasteiger partial charge < -0.3 is 5.11 Å². The molecule has 0 amide bonds. The Morgan fingerprint density at radius 2 is 2.21 bits per heavy atom. The zero-order valence-corrected chi connectivity index (χ0v) is 11.0. The molecule has 1 aliphatic carbocycles. The summed E-state index contributed by atoms with van der Waals surface area (Å²) >= 11 is 0. The third-order valence-electron chi connectivity index (χ3n) is 4.70. The van der Waals surface area contributed by atoms with E-state index < -0.39 is 5.97 Å². The van der Waals surface area contributed by atoms with Gasteiger partial charge in [0.2, 0.25) is 0 Å². The minimum absolute atomic E-state index is 0.0247. The molecule has 1 N–H and O–H groups in total.